The second-order valence-electron chi connectivity index (χ2n) is 4.21. The Balaban J connectivity index is 2.41. The highest BCUT2D eigenvalue weighted by molar-refractivity contribution is 6.16. The van der Waals surface area contributed by atoms with Gasteiger partial charge < -0.3 is 19.3 Å². The Hall–Kier alpha value is -3.02. The van der Waals surface area contributed by atoms with Gasteiger partial charge in [-0.1, -0.05) is 6.07 Å². The zero-order valence-electron chi connectivity index (χ0n) is 12.1. The van der Waals surface area contributed by atoms with Crippen LogP contribution in [0.4, 0.5) is 0 Å². The summed E-state index contributed by atoms with van der Waals surface area (Å²) in [7, 11) is 2.70. The third kappa shape index (κ3) is 3.54. The molecule has 1 N–H and O–H groups in total. The van der Waals surface area contributed by atoms with Crippen molar-refractivity contribution in [2.75, 3.05) is 14.2 Å². The maximum absolute atomic E-state index is 11.9. The van der Waals surface area contributed by atoms with E-state index in [-0.39, 0.29) is 17.2 Å². The number of phenols is 1. The average molecular weight is 301 g/mol. The largest absolute Gasteiger partial charge is 0.508 e. The van der Waals surface area contributed by atoms with E-state index in [4.69, 9.17) is 14.2 Å². The standard InChI is InChI=1S/C16H15NO5/c1-20-10-14(16(19)21-2)13-7-4-8-17-15(13)22-12-6-3-5-11(18)9-12/h3-10,18H,1-2H3/b14-10+. The highest BCUT2D eigenvalue weighted by atomic mass is 16.5. The molecule has 0 atom stereocenters. The van der Waals surface area contributed by atoms with Crippen LogP contribution in [0.25, 0.3) is 5.57 Å². The summed E-state index contributed by atoms with van der Waals surface area (Å²) < 4.78 is 15.3. The number of aromatic hydroxyl groups is 1. The lowest BCUT2D eigenvalue weighted by atomic mass is 10.1. The molecule has 0 fully saturated rings. The summed E-state index contributed by atoms with van der Waals surface area (Å²) in [4.78, 5) is 16.0. The van der Waals surface area contributed by atoms with E-state index < -0.39 is 5.97 Å². The van der Waals surface area contributed by atoms with Crippen LogP contribution in [0.5, 0.6) is 17.4 Å². The predicted octanol–water partition coefficient (Wildman–Crippen LogP) is 2.74. The molecule has 0 spiro atoms. The fourth-order valence-electron chi connectivity index (χ4n) is 1.79. The highest BCUT2D eigenvalue weighted by Gasteiger charge is 2.19. The maximum atomic E-state index is 11.9. The number of nitrogens with zero attached hydrogens (tertiary/aromatic N) is 1. The van der Waals surface area contributed by atoms with E-state index in [1.165, 1.54) is 38.8 Å². The first-order valence-corrected chi connectivity index (χ1v) is 6.39. The van der Waals surface area contributed by atoms with Crippen LogP contribution < -0.4 is 4.74 Å². The number of carbonyl (C=O) groups is 1. The van der Waals surface area contributed by atoms with Gasteiger partial charge in [0, 0.05) is 12.3 Å². The molecule has 0 bridgehead atoms. The minimum absolute atomic E-state index is 0.0654. The van der Waals surface area contributed by atoms with Crippen LogP contribution in [-0.2, 0) is 14.3 Å². The Labute approximate surface area is 127 Å². The van der Waals surface area contributed by atoms with Gasteiger partial charge in [-0.05, 0) is 24.3 Å². The summed E-state index contributed by atoms with van der Waals surface area (Å²) in [6.45, 7) is 0. The Morgan fingerprint density at radius 1 is 1.23 bits per heavy atom. The molecule has 0 saturated carbocycles. The molecule has 0 saturated heterocycles. The normalized spacial score (nSPS) is 10.9. The summed E-state index contributed by atoms with van der Waals surface area (Å²) in [6.07, 6.45) is 2.79. The molecule has 1 aromatic carbocycles. The van der Waals surface area contributed by atoms with Crippen molar-refractivity contribution in [3.8, 4) is 17.4 Å². The second kappa shape index (κ2) is 7.12. The number of esters is 1. The third-order valence-corrected chi connectivity index (χ3v) is 2.73. The fraction of sp³-hybridized carbons (Fsp3) is 0.125. The van der Waals surface area contributed by atoms with Crippen LogP contribution in [0, 0.1) is 0 Å². The molecule has 0 unspecified atom stereocenters. The van der Waals surface area contributed by atoms with E-state index in [1.54, 1.807) is 24.3 Å². The zero-order valence-corrected chi connectivity index (χ0v) is 12.1. The van der Waals surface area contributed by atoms with Gasteiger partial charge >= 0.3 is 5.97 Å². The number of hydrogen-bond donors (Lipinski definition) is 1. The molecule has 2 aromatic rings. The number of phenolic OH excluding ortho intramolecular Hbond substituents is 1. The molecular formula is C16H15NO5. The number of methoxy groups -OCH3 is 2. The third-order valence-electron chi connectivity index (χ3n) is 2.73. The van der Waals surface area contributed by atoms with Crippen LogP contribution in [0.2, 0.25) is 0 Å². The van der Waals surface area contributed by atoms with Gasteiger partial charge in [-0.3, -0.25) is 0 Å². The highest BCUT2D eigenvalue weighted by Crippen LogP contribution is 2.30. The van der Waals surface area contributed by atoms with Crippen molar-refractivity contribution in [1.29, 1.82) is 0 Å². The molecule has 1 heterocycles. The minimum atomic E-state index is -0.574. The first kappa shape index (κ1) is 15.4. The SMILES string of the molecule is CO/C=C(/C(=O)OC)c1cccnc1Oc1cccc(O)c1. The summed E-state index contributed by atoms with van der Waals surface area (Å²) in [6, 6.07) is 9.59. The van der Waals surface area contributed by atoms with Gasteiger partial charge in [0.25, 0.3) is 0 Å². The van der Waals surface area contributed by atoms with E-state index >= 15 is 0 Å². The van der Waals surface area contributed by atoms with E-state index in [0.717, 1.165) is 0 Å². The molecule has 6 heteroatoms. The van der Waals surface area contributed by atoms with Gasteiger partial charge in [-0.2, -0.15) is 0 Å². The molecule has 6 nitrogen and oxygen atoms in total. The van der Waals surface area contributed by atoms with Crippen molar-refractivity contribution in [2.45, 2.75) is 0 Å². The quantitative estimate of drug-likeness (QED) is 0.520. The lowest BCUT2D eigenvalue weighted by molar-refractivity contribution is -0.133. The number of rotatable bonds is 5. The molecule has 0 radical (unpaired) electrons. The lowest BCUT2D eigenvalue weighted by Gasteiger charge is -2.11. The smallest absolute Gasteiger partial charge is 0.341 e. The average Bonchev–Trinajstić information content (AvgIpc) is 2.53. The number of pyridine rings is 1. The Morgan fingerprint density at radius 2 is 2.05 bits per heavy atom. The molecule has 22 heavy (non-hydrogen) atoms. The number of benzene rings is 1. The first-order chi connectivity index (χ1) is 10.7. The van der Waals surface area contributed by atoms with Gasteiger partial charge in [0.1, 0.15) is 17.1 Å². The summed E-state index contributed by atoms with van der Waals surface area (Å²) in [5, 5.41) is 9.47. The lowest BCUT2D eigenvalue weighted by Crippen LogP contribution is -2.06. The monoisotopic (exact) mass is 301 g/mol. The van der Waals surface area contributed by atoms with Crippen molar-refractivity contribution in [3.63, 3.8) is 0 Å². The van der Waals surface area contributed by atoms with Crippen molar-refractivity contribution < 1.29 is 24.1 Å². The summed E-state index contributed by atoms with van der Waals surface area (Å²) in [5.74, 6) is 0.0783. The topological polar surface area (TPSA) is 77.9 Å². The summed E-state index contributed by atoms with van der Waals surface area (Å²) in [5.41, 5.74) is 0.591. The summed E-state index contributed by atoms with van der Waals surface area (Å²) >= 11 is 0. The Morgan fingerprint density at radius 3 is 2.73 bits per heavy atom. The molecular weight excluding hydrogens is 286 g/mol. The van der Waals surface area contributed by atoms with Gasteiger partial charge in [0.05, 0.1) is 26.0 Å². The van der Waals surface area contributed by atoms with E-state index in [1.807, 2.05) is 0 Å². The first-order valence-electron chi connectivity index (χ1n) is 6.39. The van der Waals surface area contributed by atoms with Gasteiger partial charge in [0.2, 0.25) is 5.88 Å². The maximum Gasteiger partial charge on any atom is 0.341 e. The second-order valence-corrected chi connectivity index (χ2v) is 4.21. The molecule has 114 valence electrons. The molecule has 0 amide bonds. The van der Waals surface area contributed by atoms with Crippen molar-refractivity contribution in [1.82, 2.24) is 4.98 Å². The number of carbonyl (C=O) groups excluding carboxylic acids is 1. The van der Waals surface area contributed by atoms with Crippen molar-refractivity contribution in [2.24, 2.45) is 0 Å². The number of hydrogen-bond acceptors (Lipinski definition) is 6. The van der Waals surface area contributed by atoms with Crippen LogP contribution in [0.15, 0.2) is 48.9 Å². The van der Waals surface area contributed by atoms with Crippen LogP contribution in [0.1, 0.15) is 5.56 Å². The van der Waals surface area contributed by atoms with E-state index in [0.29, 0.717) is 11.3 Å². The van der Waals surface area contributed by atoms with Crippen LogP contribution in [0.3, 0.4) is 0 Å². The van der Waals surface area contributed by atoms with Gasteiger partial charge in [-0.15, -0.1) is 0 Å². The molecule has 0 aliphatic carbocycles. The predicted molar refractivity (Wildman–Crippen MR) is 79.4 cm³/mol. The molecule has 2 rings (SSSR count). The van der Waals surface area contributed by atoms with Crippen LogP contribution in [-0.4, -0.2) is 30.3 Å². The Kier molecular flexibility index (Phi) is 4.98. The Bertz CT molecular complexity index is 696. The number of ether oxygens (including phenoxy) is 3. The number of aromatic nitrogens is 1. The van der Waals surface area contributed by atoms with Crippen LogP contribution >= 0.6 is 0 Å². The molecule has 0 aliphatic rings. The van der Waals surface area contributed by atoms with E-state index in [2.05, 4.69) is 4.98 Å². The zero-order chi connectivity index (χ0) is 15.9. The molecule has 0 aliphatic heterocycles. The molecule has 1 aromatic heterocycles. The minimum Gasteiger partial charge on any atom is -0.508 e. The van der Waals surface area contributed by atoms with Crippen molar-refractivity contribution in [3.05, 3.63) is 54.4 Å². The van der Waals surface area contributed by atoms with Gasteiger partial charge in [-0.25, -0.2) is 9.78 Å². The fourth-order valence-corrected chi connectivity index (χ4v) is 1.79. The van der Waals surface area contributed by atoms with Crippen molar-refractivity contribution >= 4 is 11.5 Å². The van der Waals surface area contributed by atoms with Gasteiger partial charge in [0.15, 0.2) is 0 Å². The van der Waals surface area contributed by atoms with E-state index in [9.17, 15) is 9.90 Å².